The second-order valence-electron chi connectivity index (χ2n) is 6.74. The van der Waals surface area contributed by atoms with E-state index in [2.05, 4.69) is 15.4 Å². The van der Waals surface area contributed by atoms with Crippen molar-refractivity contribution in [1.29, 1.82) is 0 Å². The molecule has 0 unspecified atom stereocenters. The number of benzene rings is 2. The molecule has 1 amide bonds. The molecule has 0 aliphatic carbocycles. The molecule has 0 aliphatic heterocycles. The van der Waals surface area contributed by atoms with E-state index in [-0.39, 0.29) is 11.3 Å². The van der Waals surface area contributed by atoms with E-state index in [4.69, 9.17) is 0 Å². The first kappa shape index (κ1) is 18.5. The van der Waals surface area contributed by atoms with Gasteiger partial charge in [0.15, 0.2) is 0 Å². The average Bonchev–Trinajstić information content (AvgIpc) is 3.11. The van der Waals surface area contributed by atoms with Gasteiger partial charge >= 0.3 is 0 Å². The molecule has 0 bridgehead atoms. The van der Waals surface area contributed by atoms with Crippen LogP contribution < -0.4 is 10.9 Å². The summed E-state index contributed by atoms with van der Waals surface area (Å²) in [4.78, 5) is 28.0. The lowest BCUT2D eigenvalue weighted by Gasteiger charge is -2.09. The van der Waals surface area contributed by atoms with Crippen LogP contribution in [0, 0.1) is 0 Å². The number of fused-ring (bicyclic) bond motifs is 1. The number of pyridine rings is 1. The van der Waals surface area contributed by atoms with E-state index in [1.165, 1.54) is 6.20 Å². The maximum absolute atomic E-state index is 12.7. The number of nitrogens with zero attached hydrogens (tertiary/aromatic N) is 2. The number of anilines is 1. The normalized spacial score (nSPS) is 10.9. The molecule has 0 fully saturated rings. The van der Waals surface area contributed by atoms with Crippen LogP contribution in [0.1, 0.15) is 28.4 Å². The zero-order chi connectivity index (χ0) is 20.4. The summed E-state index contributed by atoms with van der Waals surface area (Å²) < 4.78 is 1.58. The van der Waals surface area contributed by atoms with Crippen LogP contribution in [-0.2, 0) is 13.0 Å². The molecule has 7 heteroatoms. The number of aromatic amines is 1. The van der Waals surface area contributed by atoms with Crippen LogP contribution in [-0.4, -0.2) is 25.8 Å². The molecule has 0 atom stereocenters. The van der Waals surface area contributed by atoms with Gasteiger partial charge in [-0.15, -0.1) is 0 Å². The number of H-pyrrole nitrogens is 1. The fraction of sp³-hybridized carbons (Fsp3) is 0.136. The third kappa shape index (κ3) is 3.62. The number of carbonyl (C=O) groups excluding carboxylic acids is 1. The number of carbonyl (C=O) groups is 1. The minimum Gasteiger partial charge on any atom is -0.506 e. The Bertz CT molecular complexity index is 1240. The predicted octanol–water partition coefficient (Wildman–Crippen LogP) is 3.29. The number of amides is 1. The van der Waals surface area contributed by atoms with Crippen molar-refractivity contribution in [2.24, 2.45) is 0 Å². The average molecular weight is 388 g/mol. The summed E-state index contributed by atoms with van der Waals surface area (Å²) >= 11 is 0. The third-order valence-corrected chi connectivity index (χ3v) is 4.79. The first-order chi connectivity index (χ1) is 14.1. The molecular weight excluding hydrogens is 368 g/mol. The van der Waals surface area contributed by atoms with Gasteiger partial charge in [0.05, 0.1) is 18.1 Å². The van der Waals surface area contributed by atoms with E-state index in [0.717, 1.165) is 17.5 Å². The molecule has 0 radical (unpaired) electrons. The van der Waals surface area contributed by atoms with Crippen molar-refractivity contribution in [2.75, 3.05) is 5.32 Å². The van der Waals surface area contributed by atoms with Crippen molar-refractivity contribution in [3.05, 3.63) is 87.8 Å². The SMILES string of the molecule is CCc1cccc(NC(=O)c2c(O)c3cnn(Cc4ccccc4)c3[nH]c2=O)c1. The number of aryl methyl sites for hydroxylation is 1. The van der Waals surface area contributed by atoms with Gasteiger partial charge in [0.1, 0.15) is 17.0 Å². The lowest BCUT2D eigenvalue weighted by Crippen LogP contribution is -2.24. The summed E-state index contributed by atoms with van der Waals surface area (Å²) in [6, 6.07) is 17.0. The molecule has 7 nitrogen and oxygen atoms in total. The molecule has 0 saturated heterocycles. The first-order valence-corrected chi connectivity index (χ1v) is 9.31. The van der Waals surface area contributed by atoms with E-state index in [1.54, 1.807) is 10.7 Å². The zero-order valence-corrected chi connectivity index (χ0v) is 15.8. The summed E-state index contributed by atoms with van der Waals surface area (Å²) in [6.45, 7) is 2.44. The Morgan fingerprint density at radius 1 is 1.14 bits per heavy atom. The second kappa shape index (κ2) is 7.63. The van der Waals surface area contributed by atoms with Gasteiger partial charge in [-0.1, -0.05) is 49.4 Å². The Hall–Kier alpha value is -3.87. The minimum absolute atomic E-state index is 0.313. The standard InChI is InChI=1S/C22H20N4O3/c1-2-14-9-6-10-16(11-14)24-21(28)18-19(27)17-12-23-26(20(17)25-22(18)29)13-15-7-4-3-5-8-15/h3-12H,2,13H2,1H3,(H,24,28)(H2,25,27,29). The van der Waals surface area contributed by atoms with Crippen molar-refractivity contribution >= 4 is 22.6 Å². The van der Waals surface area contributed by atoms with E-state index in [1.807, 2.05) is 55.5 Å². The number of rotatable bonds is 5. The van der Waals surface area contributed by atoms with Crippen molar-refractivity contribution < 1.29 is 9.90 Å². The molecule has 0 saturated carbocycles. The topological polar surface area (TPSA) is 100 Å². The monoisotopic (exact) mass is 388 g/mol. The molecule has 4 rings (SSSR count). The molecule has 2 aromatic heterocycles. The molecule has 29 heavy (non-hydrogen) atoms. The van der Waals surface area contributed by atoms with Crippen molar-refractivity contribution in [2.45, 2.75) is 19.9 Å². The van der Waals surface area contributed by atoms with E-state index in [0.29, 0.717) is 23.3 Å². The van der Waals surface area contributed by atoms with Gasteiger partial charge in [-0.25, -0.2) is 4.68 Å². The fourth-order valence-corrected chi connectivity index (χ4v) is 3.25. The van der Waals surface area contributed by atoms with E-state index < -0.39 is 11.5 Å². The highest BCUT2D eigenvalue weighted by molar-refractivity contribution is 6.08. The summed E-state index contributed by atoms with van der Waals surface area (Å²) in [5.74, 6) is -1.05. The molecule has 0 spiro atoms. The third-order valence-electron chi connectivity index (χ3n) is 4.79. The van der Waals surface area contributed by atoms with Crippen LogP contribution in [0.4, 0.5) is 5.69 Å². The van der Waals surface area contributed by atoms with Gasteiger partial charge in [0.25, 0.3) is 11.5 Å². The highest BCUT2D eigenvalue weighted by Crippen LogP contribution is 2.26. The maximum Gasteiger partial charge on any atom is 0.266 e. The summed E-state index contributed by atoms with van der Waals surface area (Å²) in [6.07, 6.45) is 2.26. The molecule has 2 heterocycles. The Balaban J connectivity index is 1.69. The second-order valence-corrected chi connectivity index (χ2v) is 6.74. The summed E-state index contributed by atoms with van der Waals surface area (Å²) in [5.41, 5.74) is 1.97. The van der Waals surface area contributed by atoms with E-state index >= 15 is 0 Å². The van der Waals surface area contributed by atoms with Gasteiger partial charge in [-0.05, 0) is 29.7 Å². The highest BCUT2D eigenvalue weighted by Gasteiger charge is 2.21. The quantitative estimate of drug-likeness (QED) is 0.488. The Labute approximate surface area is 166 Å². The van der Waals surface area contributed by atoms with Crippen LogP contribution in [0.15, 0.2) is 65.6 Å². The number of aromatic hydroxyl groups is 1. The number of nitrogens with one attached hydrogen (secondary N) is 2. The molecule has 4 aromatic rings. The highest BCUT2D eigenvalue weighted by atomic mass is 16.3. The smallest absolute Gasteiger partial charge is 0.266 e. The van der Waals surface area contributed by atoms with Gasteiger partial charge in [0.2, 0.25) is 0 Å². The van der Waals surface area contributed by atoms with Crippen LogP contribution in [0.3, 0.4) is 0 Å². The molecule has 146 valence electrons. The van der Waals surface area contributed by atoms with Gasteiger partial charge < -0.3 is 15.4 Å². The molecular formula is C22H20N4O3. The van der Waals surface area contributed by atoms with Gasteiger partial charge in [-0.3, -0.25) is 9.59 Å². The van der Waals surface area contributed by atoms with Crippen molar-refractivity contribution in [3.63, 3.8) is 0 Å². The lowest BCUT2D eigenvalue weighted by molar-refractivity contribution is 0.102. The Morgan fingerprint density at radius 2 is 1.90 bits per heavy atom. The molecule has 0 aliphatic rings. The lowest BCUT2D eigenvalue weighted by atomic mass is 10.1. The van der Waals surface area contributed by atoms with Crippen LogP contribution >= 0.6 is 0 Å². The number of aromatic nitrogens is 3. The van der Waals surface area contributed by atoms with Crippen LogP contribution in [0.5, 0.6) is 5.75 Å². The largest absolute Gasteiger partial charge is 0.506 e. The van der Waals surface area contributed by atoms with E-state index in [9.17, 15) is 14.7 Å². The number of hydrogen-bond acceptors (Lipinski definition) is 4. The summed E-state index contributed by atoms with van der Waals surface area (Å²) in [7, 11) is 0. The first-order valence-electron chi connectivity index (χ1n) is 9.31. The van der Waals surface area contributed by atoms with Gasteiger partial charge in [-0.2, -0.15) is 5.10 Å². The predicted molar refractivity (Wildman–Crippen MR) is 111 cm³/mol. The van der Waals surface area contributed by atoms with Crippen LogP contribution in [0.25, 0.3) is 11.0 Å². The fourth-order valence-electron chi connectivity index (χ4n) is 3.25. The number of hydrogen-bond donors (Lipinski definition) is 3. The van der Waals surface area contributed by atoms with Crippen molar-refractivity contribution in [1.82, 2.24) is 14.8 Å². The summed E-state index contributed by atoms with van der Waals surface area (Å²) in [5, 5.41) is 17.9. The zero-order valence-electron chi connectivity index (χ0n) is 15.8. The van der Waals surface area contributed by atoms with Crippen molar-refractivity contribution in [3.8, 4) is 5.75 Å². The maximum atomic E-state index is 12.7. The van der Waals surface area contributed by atoms with Crippen LogP contribution in [0.2, 0.25) is 0 Å². The van der Waals surface area contributed by atoms with Gasteiger partial charge in [0, 0.05) is 5.69 Å². The molecule has 2 aromatic carbocycles. The molecule has 3 N–H and O–H groups in total. The Kier molecular flexibility index (Phi) is 4.87. The Morgan fingerprint density at radius 3 is 2.66 bits per heavy atom. The minimum atomic E-state index is -0.672.